The van der Waals surface area contributed by atoms with Crippen LogP contribution in [0.15, 0.2) is 35.7 Å². The summed E-state index contributed by atoms with van der Waals surface area (Å²) in [5.74, 6) is -1.71. The van der Waals surface area contributed by atoms with Crippen LogP contribution in [0.5, 0.6) is 0 Å². The van der Waals surface area contributed by atoms with Gasteiger partial charge in [0.15, 0.2) is 11.6 Å². The van der Waals surface area contributed by atoms with Gasteiger partial charge in [0.05, 0.1) is 6.04 Å². The quantitative estimate of drug-likeness (QED) is 0.835. The normalized spacial score (nSPS) is 12.7. The highest BCUT2D eigenvalue weighted by Gasteiger charge is 2.12. The van der Waals surface area contributed by atoms with Crippen LogP contribution in [0.4, 0.5) is 8.78 Å². The third-order valence-corrected chi connectivity index (χ3v) is 3.11. The summed E-state index contributed by atoms with van der Waals surface area (Å²) in [4.78, 5) is 0.931. The van der Waals surface area contributed by atoms with Crippen molar-refractivity contribution in [1.29, 1.82) is 0 Å². The van der Waals surface area contributed by atoms with Crippen LogP contribution in [0.2, 0.25) is 0 Å². The summed E-state index contributed by atoms with van der Waals surface area (Å²) in [6.07, 6.45) is 0. The van der Waals surface area contributed by atoms with Gasteiger partial charge in [-0.05, 0) is 29.1 Å². The Morgan fingerprint density at radius 1 is 1.13 bits per heavy atom. The van der Waals surface area contributed by atoms with Crippen molar-refractivity contribution in [1.82, 2.24) is 0 Å². The fourth-order valence-corrected chi connectivity index (χ4v) is 2.09. The molecular weight excluding hydrogens is 216 g/mol. The predicted molar refractivity (Wildman–Crippen MR) is 56.7 cm³/mol. The second-order valence-electron chi connectivity index (χ2n) is 3.17. The van der Waals surface area contributed by atoms with Gasteiger partial charge in [0.2, 0.25) is 0 Å². The molecule has 2 N–H and O–H groups in total. The molecule has 0 fully saturated rings. The van der Waals surface area contributed by atoms with Crippen molar-refractivity contribution < 1.29 is 8.78 Å². The molecule has 0 aliphatic rings. The molecule has 0 saturated carbocycles. The predicted octanol–water partition coefficient (Wildman–Crippen LogP) is 3.07. The van der Waals surface area contributed by atoms with Crippen molar-refractivity contribution in [2.75, 3.05) is 0 Å². The smallest absolute Gasteiger partial charge is 0.159 e. The summed E-state index contributed by atoms with van der Waals surface area (Å²) in [5, 5.41) is 1.90. The standard InChI is InChI=1S/C11H9F2NS/c12-8-4-3-7(6-9(8)13)11(14)10-2-1-5-15-10/h1-6,11H,14H2. The molecule has 1 nitrogen and oxygen atoms in total. The molecule has 0 spiro atoms. The first-order chi connectivity index (χ1) is 7.18. The highest BCUT2D eigenvalue weighted by molar-refractivity contribution is 7.10. The summed E-state index contributed by atoms with van der Waals surface area (Å²) < 4.78 is 25.6. The van der Waals surface area contributed by atoms with Crippen LogP contribution >= 0.6 is 11.3 Å². The van der Waals surface area contributed by atoms with E-state index in [4.69, 9.17) is 5.73 Å². The van der Waals surface area contributed by atoms with Crippen LogP contribution in [0.25, 0.3) is 0 Å². The van der Waals surface area contributed by atoms with Crippen molar-refractivity contribution in [2.45, 2.75) is 6.04 Å². The van der Waals surface area contributed by atoms with Crippen molar-refractivity contribution in [3.8, 4) is 0 Å². The van der Waals surface area contributed by atoms with Crippen molar-refractivity contribution >= 4 is 11.3 Å². The van der Waals surface area contributed by atoms with E-state index < -0.39 is 11.6 Å². The SMILES string of the molecule is NC(c1ccc(F)c(F)c1)c1cccs1. The zero-order valence-electron chi connectivity index (χ0n) is 7.78. The molecule has 0 amide bonds. The van der Waals surface area contributed by atoms with E-state index in [2.05, 4.69) is 0 Å². The summed E-state index contributed by atoms with van der Waals surface area (Å²) in [6, 6.07) is 7.09. The number of nitrogens with two attached hydrogens (primary N) is 1. The number of hydrogen-bond donors (Lipinski definition) is 1. The maximum absolute atomic E-state index is 13.0. The van der Waals surface area contributed by atoms with Gasteiger partial charge < -0.3 is 5.73 Å². The van der Waals surface area contributed by atoms with E-state index in [1.54, 1.807) is 0 Å². The Bertz CT molecular complexity index is 454. The maximum Gasteiger partial charge on any atom is 0.159 e. The number of rotatable bonds is 2. The number of benzene rings is 1. The minimum Gasteiger partial charge on any atom is -0.320 e. The van der Waals surface area contributed by atoms with Crippen LogP contribution in [0, 0.1) is 11.6 Å². The van der Waals surface area contributed by atoms with E-state index in [-0.39, 0.29) is 6.04 Å². The Hall–Kier alpha value is -1.26. The average Bonchev–Trinajstić information content (AvgIpc) is 2.74. The summed E-state index contributed by atoms with van der Waals surface area (Å²) >= 11 is 1.49. The molecule has 0 aliphatic carbocycles. The Morgan fingerprint density at radius 3 is 2.53 bits per heavy atom. The molecule has 1 atom stereocenters. The van der Waals surface area contributed by atoms with Gasteiger partial charge in [-0.15, -0.1) is 11.3 Å². The van der Waals surface area contributed by atoms with E-state index in [0.29, 0.717) is 5.56 Å². The third-order valence-electron chi connectivity index (χ3n) is 2.15. The second-order valence-corrected chi connectivity index (χ2v) is 4.15. The summed E-state index contributed by atoms with van der Waals surface area (Å²) in [5.41, 5.74) is 6.48. The molecule has 0 radical (unpaired) electrons. The lowest BCUT2D eigenvalue weighted by molar-refractivity contribution is 0.506. The molecule has 0 saturated heterocycles. The topological polar surface area (TPSA) is 26.0 Å². The Labute approximate surface area is 90.2 Å². The Morgan fingerprint density at radius 2 is 1.93 bits per heavy atom. The first kappa shape index (κ1) is 10.3. The second kappa shape index (κ2) is 4.08. The minimum absolute atomic E-state index is 0.389. The van der Waals surface area contributed by atoms with Gasteiger partial charge in [0, 0.05) is 4.88 Å². The zero-order chi connectivity index (χ0) is 10.8. The monoisotopic (exact) mass is 225 g/mol. The van der Waals surface area contributed by atoms with Gasteiger partial charge in [-0.2, -0.15) is 0 Å². The summed E-state index contributed by atoms with van der Waals surface area (Å²) in [7, 11) is 0. The molecular formula is C11H9F2NS. The Balaban J connectivity index is 2.34. The van der Waals surface area contributed by atoms with Crippen LogP contribution in [-0.4, -0.2) is 0 Å². The van der Waals surface area contributed by atoms with Crippen molar-refractivity contribution in [2.24, 2.45) is 5.73 Å². The fraction of sp³-hybridized carbons (Fsp3) is 0.0909. The van der Waals surface area contributed by atoms with Crippen molar-refractivity contribution in [3.05, 3.63) is 57.8 Å². The highest BCUT2D eigenvalue weighted by Crippen LogP contribution is 2.24. The number of hydrogen-bond acceptors (Lipinski definition) is 2. The molecule has 1 aromatic carbocycles. The van der Waals surface area contributed by atoms with Crippen LogP contribution in [0.3, 0.4) is 0 Å². The average molecular weight is 225 g/mol. The van der Waals surface area contributed by atoms with E-state index in [9.17, 15) is 8.78 Å². The van der Waals surface area contributed by atoms with Gasteiger partial charge in [0.1, 0.15) is 0 Å². The first-order valence-electron chi connectivity index (χ1n) is 4.42. The van der Waals surface area contributed by atoms with Gasteiger partial charge in [0.25, 0.3) is 0 Å². The third kappa shape index (κ3) is 2.06. The zero-order valence-corrected chi connectivity index (χ0v) is 8.60. The summed E-state index contributed by atoms with van der Waals surface area (Å²) in [6.45, 7) is 0. The first-order valence-corrected chi connectivity index (χ1v) is 5.30. The molecule has 2 rings (SSSR count). The molecule has 2 aromatic rings. The molecule has 1 aromatic heterocycles. The largest absolute Gasteiger partial charge is 0.320 e. The van der Waals surface area contributed by atoms with E-state index in [0.717, 1.165) is 17.0 Å². The van der Waals surface area contributed by atoms with Gasteiger partial charge in [-0.25, -0.2) is 8.78 Å². The highest BCUT2D eigenvalue weighted by atomic mass is 32.1. The van der Waals surface area contributed by atoms with E-state index in [1.165, 1.54) is 17.4 Å². The lowest BCUT2D eigenvalue weighted by atomic mass is 10.1. The molecule has 4 heteroatoms. The van der Waals surface area contributed by atoms with Gasteiger partial charge >= 0.3 is 0 Å². The molecule has 15 heavy (non-hydrogen) atoms. The lowest BCUT2D eigenvalue weighted by Crippen LogP contribution is -2.10. The number of thiophene rings is 1. The Kier molecular flexibility index (Phi) is 2.79. The molecule has 78 valence electrons. The van der Waals surface area contributed by atoms with Crippen LogP contribution in [0.1, 0.15) is 16.5 Å². The fourth-order valence-electron chi connectivity index (χ4n) is 1.34. The number of halogens is 2. The molecule has 0 aliphatic heterocycles. The van der Waals surface area contributed by atoms with Crippen LogP contribution in [-0.2, 0) is 0 Å². The minimum atomic E-state index is -0.862. The van der Waals surface area contributed by atoms with Gasteiger partial charge in [-0.1, -0.05) is 12.1 Å². The molecule has 1 unspecified atom stereocenters. The lowest BCUT2D eigenvalue weighted by Gasteiger charge is -2.09. The van der Waals surface area contributed by atoms with Crippen molar-refractivity contribution in [3.63, 3.8) is 0 Å². The van der Waals surface area contributed by atoms with Crippen LogP contribution < -0.4 is 5.73 Å². The van der Waals surface area contributed by atoms with E-state index in [1.807, 2.05) is 17.5 Å². The van der Waals surface area contributed by atoms with Gasteiger partial charge in [-0.3, -0.25) is 0 Å². The molecule has 1 heterocycles. The molecule has 0 bridgehead atoms. The van der Waals surface area contributed by atoms with E-state index >= 15 is 0 Å². The maximum atomic E-state index is 13.0.